The van der Waals surface area contributed by atoms with Gasteiger partial charge in [0.25, 0.3) is 5.69 Å². The van der Waals surface area contributed by atoms with Crippen molar-refractivity contribution in [2.45, 2.75) is 12.2 Å². The summed E-state index contributed by atoms with van der Waals surface area (Å²) in [5.74, 6) is 0. The predicted octanol–water partition coefficient (Wildman–Crippen LogP) is 0.0210. The lowest BCUT2D eigenvalue weighted by molar-refractivity contribution is -0.385. The van der Waals surface area contributed by atoms with Crippen molar-refractivity contribution in [1.82, 2.24) is 5.32 Å². The Bertz CT molecular complexity index is 449. The van der Waals surface area contributed by atoms with E-state index in [4.69, 9.17) is 0 Å². The zero-order chi connectivity index (χ0) is 13.7. The van der Waals surface area contributed by atoms with Gasteiger partial charge >= 0.3 is 0 Å². The number of non-ortho nitro benzene ring substituents is 1. The molecule has 0 aliphatic carbocycles. The molecule has 2 atom stereocenters. The molecule has 0 fully saturated rings. The SMILES string of the molecule is CNCC(O)C(O)c1cc(C=O)cc([N+](=O)[O-])c1. The van der Waals surface area contributed by atoms with Gasteiger partial charge in [-0.1, -0.05) is 0 Å². The van der Waals surface area contributed by atoms with Crippen LogP contribution in [0.15, 0.2) is 18.2 Å². The van der Waals surface area contributed by atoms with Crippen LogP contribution in [0.4, 0.5) is 5.69 Å². The molecule has 0 saturated heterocycles. The molecule has 1 rings (SSSR count). The van der Waals surface area contributed by atoms with Crippen LogP contribution in [-0.2, 0) is 0 Å². The molecule has 0 bridgehead atoms. The fourth-order valence-electron chi connectivity index (χ4n) is 1.55. The van der Waals surface area contributed by atoms with Gasteiger partial charge in [0.2, 0.25) is 0 Å². The van der Waals surface area contributed by atoms with Crippen LogP contribution >= 0.6 is 0 Å². The van der Waals surface area contributed by atoms with Crippen molar-refractivity contribution >= 4 is 12.0 Å². The Balaban J connectivity index is 3.11. The highest BCUT2D eigenvalue weighted by Gasteiger charge is 2.21. The van der Waals surface area contributed by atoms with E-state index in [1.165, 1.54) is 6.07 Å². The number of benzene rings is 1. The van der Waals surface area contributed by atoms with Crippen LogP contribution in [0.3, 0.4) is 0 Å². The second kappa shape index (κ2) is 6.20. The lowest BCUT2D eigenvalue weighted by atomic mass is 10.0. The number of hydrogen-bond donors (Lipinski definition) is 3. The second-order valence-electron chi connectivity index (χ2n) is 3.80. The smallest absolute Gasteiger partial charge is 0.270 e. The minimum Gasteiger partial charge on any atom is -0.389 e. The third kappa shape index (κ3) is 3.33. The highest BCUT2D eigenvalue weighted by atomic mass is 16.6. The number of likely N-dealkylation sites (N-methyl/N-ethyl adjacent to an activating group) is 1. The molecule has 2 unspecified atom stereocenters. The number of nitro benzene ring substituents is 1. The second-order valence-corrected chi connectivity index (χ2v) is 3.80. The van der Waals surface area contributed by atoms with Crippen LogP contribution in [0.1, 0.15) is 22.0 Å². The quantitative estimate of drug-likeness (QED) is 0.375. The number of aliphatic hydroxyl groups excluding tert-OH is 2. The van der Waals surface area contributed by atoms with E-state index in [2.05, 4.69) is 5.32 Å². The number of aldehydes is 1. The van der Waals surface area contributed by atoms with Crippen LogP contribution < -0.4 is 5.32 Å². The van der Waals surface area contributed by atoms with Gasteiger partial charge in [-0.15, -0.1) is 0 Å². The van der Waals surface area contributed by atoms with Gasteiger partial charge in [0.05, 0.1) is 11.0 Å². The summed E-state index contributed by atoms with van der Waals surface area (Å²) in [4.78, 5) is 20.7. The van der Waals surface area contributed by atoms with E-state index < -0.39 is 17.1 Å². The number of carbonyl (C=O) groups is 1. The third-order valence-corrected chi connectivity index (χ3v) is 2.43. The first-order valence-electron chi connectivity index (χ1n) is 5.25. The fourth-order valence-corrected chi connectivity index (χ4v) is 1.55. The average Bonchev–Trinajstić information content (AvgIpc) is 2.37. The Morgan fingerprint density at radius 3 is 2.61 bits per heavy atom. The standard InChI is InChI=1S/C11H14N2O5/c1-12-5-10(15)11(16)8-2-7(6-14)3-9(4-8)13(17)18/h2-4,6,10-12,15-16H,5H2,1H3. The number of aliphatic hydroxyl groups is 2. The summed E-state index contributed by atoms with van der Waals surface area (Å²) in [7, 11) is 1.60. The highest BCUT2D eigenvalue weighted by molar-refractivity contribution is 5.76. The van der Waals surface area contributed by atoms with E-state index in [0.717, 1.165) is 12.1 Å². The Morgan fingerprint density at radius 2 is 2.11 bits per heavy atom. The number of rotatable bonds is 6. The fraction of sp³-hybridized carbons (Fsp3) is 0.364. The monoisotopic (exact) mass is 254 g/mol. The molecule has 0 aromatic heterocycles. The zero-order valence-electron chi connectivity index (χ0n) is 9.74. The molecule has 0 aliphatic rings. The summed E-state index contributed by atoms with van der Waals surface area (Å²) in [5.41, 5.74) is -0.0886. The summed E-state index contributed by atoms with van der Waals surface area (Å²) in [6.07, 6.45) is -1.96. The average molecular weight is 254 g/mol. The number of nitrogens with zero attached hydrogens (tertiary/aromatic N) is 1. The molecule has 7 heteroatoms. The van der Waals surface area contributed by atoms with Gasteiger partial charge in [-0.25, -0.2) is 0 Å². The predicted molar refractivity (Wildman–Crippen MR) is 63.4 cm³/mol. The maximum absolute atomic E-state index is 10.7. The van der Waals surface area contributed by atoms with Crippen molar-refractivity contribution in [3.8, 4) is 0 Å². The summed E-state index contributed by atoms with van der Waals surface area (Å²) in [5, 5.41) is 32.8. The first kappa shape index (κ1) is 14.2. The maximum Gasteiger partial charge on any atom is 0.270 e. The normalized spacial score (nSPS) is 13.9. The van der Waals surface area contributed by atoms with Crippen LogP contribution in [0.2, 0.25) is 0 Å². The van der Waals surface area contributed by atoms with Gasteiger partial charge in [0.15, 0.2) is 0 Å². The minimum atomic E-state index is -1.30. The maximum atomic E-state index is 10.7. The summed E-state index contributed by atoms with van der Waals surface area (Å²) >= 11 is 0. The zero-order valence-corrected chi connectivity index (χ0v) is 9.74. The van der Waals surface area contributed by atoms with Crippen LogP contribution in [0.25, 0.3) is 0 Å². The summed E-state index contributed by atoms with van der Waals surface area (Å²) in [6, 6.07) is 3.55. The van der Waals surface area contributed by atoms with Crippen LogP contribution in [0, 0.1) is 10.1 Å². The molecule has 1 aromatic rings. The molecule has 7 nitrogen and oxygen atoms in total. The molecular formula is C11H14N2O5. The number of nitro groups is 1. The van der Waals surface area contributed by atoms with E-state index in [9.17, 15) is 25.1 Å². The molecule has 1 aromatic carbocycles. The molecule has 0 radical (unpaired) electrons. The molecule has 98 valence electrons. The van der Waals surface area contributed by atoms with Gasteiger partial charge in [-0.2, -0.15) is 0 Å². The lowest BCUT2D eigenvalue weighted by Crippen LogP contribution is -2.29. The molecule has 0 aliphatic heterocycles. The molecule has 18 heavy (non-hydrogen) atoms. The van der Waals surface area contributed by atoms with Crippen molar-refractivity contribution in [1.29, 1.82) is 0 Å². The van der Waals surface area contributed by atoms with Gasteiger partial charge in [-0.3, -0.25) is 14.9 Å². The minimum absolute atomic E-state index is 0.0786. The molecule has 0 saturated carbocycles. The summed E-state index contributed by atoms with van der Waals surface area (Å²) < 4.78 is 0. The first-order valence-corrected chi connectivity index (χ1v) is 5.25. The summed E-state index contributed by atoms with van der Waals surface area (Å²) in [6.45, 7) is 0.125. The van der Waals surface area contributed by atoms with E-state index in [1.54, 1.807) is 7.05 Å². The topological polar surface area (TPSA) is 113 Å². The lowest BCUT2D eigenvalue weighted by Gasteiger charge is -2.17. The van der Waals surface area contributed by atoms with Gasteiger partial charge in [-0.05, 0) is 18.7 Å². The molecule has 0 spiro atoms. The Labute approximate surface area is 103 Å². The number of carbonyl (C=O) groups excluding carboxylic acids is 1. The van der Waals surface area contributed by atoms with E-state index in [1.807, 2.05) is 0 Å². The largest absolute Gasteiger partial charge is 0.389 e. The van der Waals surface area contributed by atoms with Crippen molar-refractivity contribution in [3.63, 3.8) is 0 Å². The Hall–Kier alpha value is -1.83. The number of nitrogens with one attached hydrogen (secondary N) is 1. The molecule has 0 heterocycles. The van der Waals surface area contributed by atoms with E-state index >= 15 is 0 Å². The first-order chi connectivity index (χ1) is 8.49. The molecule has 0 amide bonds. The van der Waals surface area contributed by atoms with Crippen molar-refractivity contribution in [3.05, 3.63) is 39.4 Å². The highest BCUT2D eigenvalue weighted by Crippen LogP contribution is 2.23. The van der Waals surface area contributed by atoms with Gasteiger partial charge < -0.3 is 15.5 Å². The van der Waals surface area contributed by atoms with Crippen molar-refractivity contribution in [2.24, 2.45) is 0 Å². The third-order valence-electron chi connectivity index (χ3n) is 2.43. The van der Waals surface area contributed by atoms with E-state index in [0.29, 0.717) is 6.29 Å². The Morgan fingerprint density at radius 1 is 1.44 bits per heavy atom. The van der Waals surface area contributed by atoms with E-state index in [-0.39, 0.29) is 23.4 Å². The van der Waals surface area contributed by atoms with Crippen molar-refractivity contribution < 1.29 is 19.9 Å². The number of hydrogen-bond acceptors (Lipinski definition) is 6. The molecular weight excluding hydrogens is 240 g/mol. The van der Waals surface area contributed by atoms with Gasteiger partial charge in [0.1, 0.15) is 12.4 Å². The Kier molecular flexibility index (Phi) is 4.90. The van der Waals surface area contributed by atoms with Gasteiger partial charge in [0, 0.05) is 24.2 Å². The van der Waals surface area contributed by atoms with Crippen molar-refractivity contribution in [2.75, 3.05) is 13.6 Å². The van der Waals surface area contributed by atoms with Crippen LogP contribution in [0.5, 0.6) is 0 Å². The molecule has 3 N–H and O–H groups in total. The van der Waals surface area contributed by atoms with Crippen LogP contribution in [-0.4, -0.2) is 41.1 Å².